The fourth-order valence-corrected chi connectivity index (χ4v) is 1.67. The first-order chi connectivity index (χ1) is 9.47. The minimum Gasteiger partial charge on any atom is -0.384 e. The number of benzene rings is 1. The summed E-state index contributed by atoms with van der Waals surface area (Å²) in [6.45, 7) is 4.33. The molecule has 0 bridgehead atoms. The average Bonchev–Trinajstić information content (AvgIpc) is 2.43. The summed E-state index contributed by atoms with van der Waals surface area (Å²) in [5, 5.41) is 11.7. The maximum Gasteiger partial charge on any atom is 0.251 e. The van der Waals surface area contributed by atoms with Gasteiger partial charge in [-0.3, -0.25) is 4.79 Å². The predicted octanol–water partition coefficient (Wildman–Crippen LogP) is 1.02. The smallest absolute Gasteiger partial charge is 0.251 e. The van der Waals surface area contributed by atoms with Crippen molar-refractivity contribution in [3.05, 3.63) is 34.9 Å². The number of likely N-dealkylation sites (N-methyl/N-ethyl adjacent to an activating group) is 1. The molecule has 1 aromatic carbocycles. The van der Waals surface area contributed by atoms with E-state index in [-0.39, 0.29) is 18.6 Å². The van der Waals surface area contributed by atoms with Crippen molar-refractivity contribution in [3.63, 3.8) is 0 Å². The molecule has 1 atom stereocenters. The van der Waals surface area contributed by atoms with Crippen LogP contribution in [0.25, 0.3) is 0 Å². The zero-order valence-electron chi connectivity index (χ0n) is 12.5. The second-order valence-corrected chi connectivity index (χ2v) is 4.96. The van der Waals surface area contributed by atoms with Gasteiger partial charge in [-0.2, -0.15) is 0 Å². The third-order valence-corrected chi connectivity index (χ3v) is 3.32. The molecular formula is C16H22N2O2. The first kappa shape index (κ1) is 16.2. The van der Waals surface area contributed by atoms with Gasteiger partial charge in [-0.25, -0.2) is 0 Å². The number of aliphatic hydroxyl groups excluding tert-OH is 1. The molecule has 4 nitrogen and oxygen atoms in total. The van der Waals surface area contributed by atoms with E-state index in [9.17, 15) is 4.79 Å². The highest BCUT2D eigenvalue weighted by molar-refractivity contribution is 5.96. The molecule has 0 heterocycles. The lowest BCUT2D eigenvalue weighted by atomic mass is 10.0. The Bertz CT molecular complexity index is 527. The molecule has 0 radical (unpaired) electrons. The minimum absolute atomic E-state index is 0.0937. The number of nitrogens with zero attached hydrogens (tertiary/aromatic N) is 1. The highest BCUT2D eigenvalue weighted by atomic mass is 16.2. The summed E-state index contributed by atoms with van der Waals surface area (Å²) < 4.78 is 0. The first-order valence-corrected chi connectivity index (χ1v) is 6.61. The standard InChI is InChI=1S/C16H22N2O2/c1-12(18(3)4)11-17-16(20)15-9-5-7-14(13(15)2)8-6-10-19/h5,7,9,12,19H,10-11H2,1-4H3,(H,17,20). The number of hydrogen-bond donors (Lipinski definition) is 2. The van der Waals surface area contributed by atoms with E-state index in [1.54, 1.807) is 12.1 Å². The quantitative estimate of drug-likeness (QED) is 0.806. The van der Waals surface area contributed by atoms with Crippen LogP contribution in [0.1, 0.15) is 28.4 Å². The van der Waals surface area contributed by atoms with Gasteiger partial charge in [0, 0.05) is 23.7 Å². The molecule has 1 aromatic rings. The van der Waals surface area contributed by atoms with Crippen LogP contribution in [-0.4, -0.2) is 49.2 Å². The van der Waals surface area contributed by atoms with Crippen molar-refractivity contribution in [3.8, 4) is 11.8 Å². The van der Waals surface area contributed by atoms with Gasteiger partial charge in [0.05, 0.1) is 0 Å². The van der Waals surface area contributed by atoms with Crippen LogP contribution in [0, 0.1) is 18.8 Å². The van der Waals surface area contributed by atoms with Gasteiger partial charge in [0.2, 0.25) is 0 Å². The van der Waals surface area contributed by atoms with Gasteiger partial charge < -0.3 is 15.3 Å². The molecular weight excluding hydrogens is 252 g/mol. The molecule has 0 spiro atoms. The Kier molecular flexibility index (Phi) is 6.23. The van der Waals surface area contributed by atoms with Crippen molar-refractivity contribution in [2.24, 2.45) is 0 Å². The molecule has 0 aromatic heterocycles. The maximum absolute atomic E-state index is 12.2. The summed E-state index contributed by atoms with van der Waals surface area (Å²) in [6, 6.07) is 5.71. The second kappa shape index (κ2) is 7.68. The summed E-state index contributed by atoms with van der Waals surface area (Å²) in [5.74, 6) is 5.36. The number of carbonyl (C=O) groups is 1. The van der Waals surface area contributed by atoms with Gasteiger partial charge in [0.25, 0.3) is 5.91 Å². The summed E-state index contributed by atoms with van der Waals surface area (Å²) in [5.41, 5.74) is 2.23. The minimum atomic E-state index is -0.184. The number of aliphatic hydroxyl groups is 1. The number of rotatable bonds is 4. The van der Waals surface area contributed by atoms with E-state index in [1.165, 1.54) is 0 Å². The first-order valence-electron chi connectivity index (χ1n) is 6.61. The van der Waals surface area contributed by atoms with Gasteiger partial charge >= 0.3 is 0 Å². The Hall–Kier alpha value is -1.83. The number of amides is 1. The largest absolute Gasteiger partial charge is 0.384 e. The van der Waals surface area contributed by atoms with E-state index in [4.69, 9.17) is 5.11 Å². The molecule has 0 saturated carbocycles. The molecule has 0 aliphatic rings. The summed E-state index contributed by atoms with van der Waals surface area (Å²) in [7, 11) is 3.96. The third kappa shape index (κ3) is 4.37. The Morgan fingerprint density at radius 1 is 1.45 bits per heavy atom. The van der Waals surface area contributed by atoms with Gasteiger partial charge in [-0.05, 0) is 45.6 Å². The third-order valence-electron chi connectivity index (χ3n) is 3.32. The molecule has 1 amide bonds. The van der Waals surface area contributed by atoms with E-state index in [0.717, 1.165) is 11.1 Å². The normalized spacial score (nSPS) is 11.7. The lowest BCUT2D eigenvalue weighted by Gasteiger charge is -2.20. The summed E-state index contributed by atoms with van der Waals surface area (Å²) >= 11 is 0. The number of nitrogens with one attached hydrogen (secondary N) is 1. The van der Waals surface area contributed by atoms with E-state index in [1.807, 2.05) is 27.1 Å². The highest BCUT2D eigenvalue weighted by Crippen LogP contribution is 2.12. The fraction of sp³-hybridized carbons (Fsp3) is 0.438. The van der Waals surface area contributed by atoms with Crippen molar-refractivity contribution < 1.29 is 9.90 Å². The Labute approximate surface area is 120 Å². The summed E-state index contributed by atoms with van der Waals surface area (Å²) in [4.78, 5) is 14.2. The molecule has 1 unspecified atom stereocenters. The van der Waals surface area contributed by atoms with Crippen LogP contribution < -0.4 is 5.32 Å². The summed E-state index contributed by atoms with van der Waals surface area (Å²) in [6.07, 6.45) is 0. The highest BCUT2D eigenvalue weighted by Gasteiger charge is 2.12. The van der Waals surface area contributed by atoms with Crippen molar-refractivity contribution >= 4 is 5.91 Å². The van der Waals surface area contributed by atoms with Crippen molar-refractivity contribution in [1.82, 2.24) is 10.2 Å². The molecule has 0 aliphatic heterocycles. The monoisotopic (exact) mass is 274 g/mol. The Morgan fingerprint density at radius 2 is 2.15 bits per heavy atom. The van der Waals surface area contributed by atoms with Crippen LogP contribution in [0.15, 0.2) is 18.2 Å². The van der Waals surface area contributed by atoms with Crippen LogP contribution in [0.3, 0.4) is 0 Å². The second-order valence-electron chi connectivity index (χ2n) is 4.96. The van der Waals surface area contributed by atoms with Gasteiger partial charge in [0.15, 0.2) is 0 Å². The Morgan fingerprint density at radius 3 is 2.75 bits per heavy atom. The molecule has 20 heavy (non-hydrogen) atoms. The fourth-order valence-electron chi connectivity index (χ4n) is 1.67. The maximum atomic E-state index is 12.2. The van der Waals surface area contributed by atoms with Crippen molar-refractivity contribution in [2.45, 2.75) is 19.9 Å². The Balaban J connectivity index is 2.83. The number of carbonyl (C=O) groups excluding carboxylic acids is 1. The van der Waals surface area contributed by atoms with E-state index >= 15 is 0 Å². The van der Waals surface area contributed by atoms with Crippen LogP contribution in [0.5, 0.6) is 0 Å². The molecule has 1 rings (SSSR count). The predicted molar refractivity (Wildman–Crippen MR) is 80.6 cm³/mol. The van der Waals surface area contributed by atoms with Gasteiger partial charge in [0.1, 0.15) is 6.61 Å². The molecule has 0 saturated heterocycles. The molecule has 0 fully saturated rings. The van der Waals surface area contributed by atoms with E-state index in [0.29, 0.717) is 12.1 Å². The lowest BCUT2D eigenvalue weighted by Crippen LogP contribution is -2.38. The van der Waals surface area contributed by atoms with Crippen LogP contribution >= 0.6 is 0 Å². The van der Waals surface area contributed by atoms with Gasteiger partial charge in [-0.1, -0.05) is 17.9 Å². The van der Waals surface area contributed by atoms with Crippen LogP contribution in [0.4, 0.5) is 0 Å². The van der Waals surface area contributed by atoms with Crippen molar-refractivity contribution in [2.75, 3.05) is 27.2 Å². The van der Waals surface area contributed by atoms with Crippen LogP contribution in [-0.2, 0) is 0 Å². The topological polar surface area (TPSA) is 52.6 Å². The van der Waals surface area contributed by atoms with Gasteiger partial charge in [-0.15, -0.1) is 0 Å². The zero-order chi connectivity index (χ0) is 15.1. The van der Waals surface area contributed by atoms with E-state index in [2.05, 4.69) is 29.0 Å². The zero-order valence-corrected chi connectivity index (χ0v) is 12.5. The van der Waals surface area contributed by atoms with E-state index < -0.39 is 0 Å². The SMILES string of the molecule is Cc1c(C#CCO)cccc1C(=O)NCC(C)N(C)C. The number of hydrogen-bond acceptors (Lipinski definition) is 3. The lowest BCUT2D eigenvalue weighted by molar-refractivity contribution is 0.0943. The van der Waals surface area contributed by atoms with Crippen molar-refractivity contribution in [1.29, 1.82) is 0 Å². The molecule has 0 aliphatic carbocycles. The molecule has 4 heteroatoms. The average molecular weight is 274 g/mol. The molecule has 2 N–H and O–H groups in total. The van der Waals surface area contributed by atoms with Crippen LogP contribution in [0.2, 0.25) is 0 Å². The molecule has 108 valence electrons.